The topological polar surface area (TPSA) is 50.9 Å². The zero-order valence-corrected chi connectivity index (χ0v) is 6.31. The Balaban J connectivity index is 3.07. The molecule has 1 heterocycles. The molecule has 54 valence electrons. The van der Waals surface area contributed by atoms with Gasteiger partial charge in [-0.2, -0.15) is 0 Å². The largest absolute Gasteiger partial charge is 0.322 e. The van der Waals surface area contributed by atoms with Crippen LogP contribution in [-0.2, 0) is 0 Å². The molecule has 0 saturated heterocycles. The number of hydrazine groups is 1. The molecule has 0 amide bonds. The van der Waals surface area contributed by atoms with E-state index in [9.17, 15) is 0 Å². The van der Waals surface area contributed by atoms with Crippen molar-refractivity contribution >= 4 is 17.3 Å². The van der Waals surface area contributed by atoms with Gasteiger partial charge < -0.3 is 5.43 Å². The van der Waals surface area contributed by atoms with Crippen LogP contribution in [0.15, 0.2) is 12.3 Å². The summed E-state index contributed by atoms with van der Waals surface area (Å²) in [5, 5.41) is 0.483. The van der Waals surface area contributed by atoms with Crippen molar-refractivity contribution in [3.8, 4) is 0 Å². The molecule has 1 aromatic rings. The predicted octanol–water partition coefficient (Wildman–Crippen LogP) is 1.33. The molecule has 4 heteroatoms. The Morgan fingerprint density at radius 2 is 2.40 bits per heavy atom. The van der Waals surface area contributed by atoms with Crippen molar-refractivity contribution in [1.82, 2.24) is 4.98 Å². The molecule has 0 bridgehead atoms. The first-order chi connectivity index (χ1) is 4.74. The molecule has 0 fully saturated rings. The first-order valence-corrected chi connectivity index (χ1v) is 3.20. The number of hydrogen-bond donors (Lipinski definition) is 2. The monoisotopic (exact) mass is 157 g/mol. The number of nitrogens with one attached hydrogen (secondary N) is 1. The molecule has 1 aromatic heterocycles. The molecule has 0 unspecified atom stereocenters. The molecule has 10 heavy (non-hydrogen) atoms. The van der Waals surface area contributed by atoms with Gasteiger partial charge in [-0.05, 0) is 18.6 Å². The van der Waals surface area contributed by atoms with Gasteiger partial charge in [-0.25, -0.2) is 4.98 Å². The highest BCUT2D eigenvalue weighted by atomic mass is 35.5. The van der Waals surface area contributed by atoms with Gasteiger partial charge in [0.2, 0.25) is 0 Å². The molecule has 0 saturated carbocycles. The van der Waals surface area contributed by atoms with Crippen molar-refractivity contribution in [1.29, 1.82) is 0 Å². The number of nitrogens with two attached hydrogens (primary N) is 1. The van der Waals surface area contributed by atoms with E-state index in [4.69, 9.17) is 17.4 Å². The van der Waals surface area contributed by atoms with Crippen LogP contribution in [0.1, 0.15) is 5.56 Å². The van der Waals surface area contributed by atoms with E-state index in [1.807, 2.05) is 6.92 Å². The predicted molar refractivity (Wildman–Crippen MR) is 41.8 cm³/mol. The standard InChI is InChI=1S/C6H8ClN3/c1-4-2-6(7)9-3-5(4)10-8/h2-3,10H,8H2,1H3. The van der Waals surface area contributed by atoms with Crippen molar-refractivity contribution in [3.63, 3.8) is 0 Å². The number of pyridine rings is 1. The quantitative estimate of drug-likeness (QED) is 0.367. The SMILES string of the molecule is Cc1cc(Cl)ncc1NN. The maximum absolute atomic E-state index is 5.59. The fourth-order valence-electron chi connectivity index (χ4n) is 0.673. The maximum atomic E-state index is 5.59. The van der Waals surface area contributed by atoms with Crippen molar-refractivity contribution in [2.75, 3.05) is 5.43 Å². The Labute approximate surface area is 64.2 Å². The molecule has 0 radical (unpaired) electrons. The van der Waals surface area contributed by atoms with E-state index in [0.717, 1.165) is 11.3 Å². The highest BCUT2D eigenvalue weighted by Gasteiger charge is 1.95. The lowest BCUT2D eigenvalue weighted by Gasteiger charge is -2.02. The lowest BCUT2D eigenvalue weighted by atomic mass is 10.3. The Hall–Kier alpha value is -0.800. The van der Waals surface area contributed by atoms with Crippen LogP contribution < -0.4 is 11.3 Å². The van der Waals surface area contributed by atoms with Crippen LogP contribution in [0.3, 0.4) is 0 Å². The number of aryl methyl sites for hydroxylation is 1. The Bertz CT molecular complexity index is 236. The summed E-state index contributed by atoms with van der Waals surface area (Å²) in [6.07, 6.45) is 1.59. The molecule has 1 rings (SSSR count). The van der Waals surface area contributed by atoms with E-state index >= 15 is 0 Å². The summed E-state index contributed by atoms with van der Waals surface area (Å²) < 4.78 is 0. The van der Waals surface area contributed by atoms with Gasteiger partial charge in [-0.3, -0.25) is 5.84 Å². The fourth-order valence-corrected chi connectivity index (χ4v) is 0.885. The average molecular weight is 158 g/mol. The Kier molecular flexibility index (Phi) is 2.09. The van der Waals surface area contributed by atoms with E-state index in [1.165, 1.54) is 0 Å². The minimum absolute atomic E-state index is 0.483. The van der Waals surface area contributed by atoms with Gasteiger partial charge in [0.1, 0.15) is 5.15 Å². The van der Waals surface area contributed by atoms with Crippen molar-refractivity contribution in [3.05, 3.63) is 23.0 Å². The molecule has 0 aromatic carbocycles. The third kappa shape index (κ3) is 1.37. The maximum Gasteiger partial charge on any atom is 0.129 e. The molecule has 0 aliphatic heterocycles. The van der Waals surface area contributed by atoms with Crippen LogP contribution in [0, 0.1) is 6.92 Å². The molecule has 3 N–H and O–H groups in total. The third-order valence-corrected chi connectivity index (χ3v) is 1.44. The molecular weight excluding hydrogens is 150 g/mol. The normalized spacial score (nSPS) is 9.50. The summed E-state index contributed by atoms with van der Waals surface area (Å²) in [5.74, 6) is 5.17. The van der Waals surface area contributed by atoms with Gasteiger partial charge in [0.05, 0.1) is 11.9 Å². The first kappa shape index (κ1) is 7.31. The summed E-state index contributed by atoms with van der Waals surface area (Å²) in [5.41, 5.74) is 4.29. The fraction of sp³-hybridized carbons (Fsp3) is 0.167. The smallest absolute Gasteiger partial charge is 0.129 e. The van der Waals surface area contributed by atoms with Crippen molar-refractivity contribution in [2.45, 2.75) is 6.92 Å². The molecule has 0 spiro atoms. The van der Waals surface area contributed by atoms with E-state index in [2.05, 4.69) is 10.4 Å². The van der Waals surface area contributed by atoms with Gasteiger partial charge in [0.25, 0.3) is 0 Å². The van der Waals surface area contributed by atoms with E-state index in [1.54, 1.807) is 12.3 Å². The molecule has 0 aliphatic rings. The molecule has 0 aliphatic carbocycles. The van der Waals surface area contributed by atoms with Crippen LogP contribution in [-0.4, -0.2) is 4.98 Å². The Morgan fingerprint density at radius 3 is 2.90 bits per heavy atom. The summed E-state index contributed by atoms with van der Waals surface area (Å²) in [6, 6.07) is 1.75. The van der Waals surface area contributed by atoms with Gasteiger partial charge in [0, 0.05) is 0 Å². The second-order valence-corrected chi connectivity index (χ2v) is 2.35. The van der Waals surface area contributed by atoms with Crippen molar-refractivity contribution < 1.29 is 0 Å². The van der Waals surface area contributed by atoms with Gasteiger partial charge >= 0.3 is 0 Å². The summed E-state index contributed by atoms with van der Waals surface area (Å²) in [6.45, 7) is 1.91. The number of rotatable bonds is 1. The summed E-state index contributed by atoms with van der Waals surface area (Å²) in [7, 11) is 0. The van der Waals surface area contributed by atoms with E-state index in [0.29, 0.717) is 5.15 Å². The summed E-state index contributed by atoms with van der Waals surface area (Å²) in [4.78, 5) is 3.83. The van der Waals surface area contributed by atoms with E-state index in [-0.39, 0.29) is 0 Å². The van der Waals surface area contributed by atoms with Crippen LogP contribution in [0.4, 0.5) is 5.69 Å². The average Bonchev–Trinajstić information content (AvgIpc) is 1.88. The van der Waals surface area contributed by atoms with Crippen LogP contribution in [0.2, 0.25) is 5.15 Å². The second kappa shape index (κ2) is 2.86. The van der Waals surface area contributed by atoms with E-state index < -0.39 is 0 Å². The molecular formula is C6H8ClN3. The summed E-state index contributed by atoms with van der Waals surface area (Å²) >= 11 is 5.59. The zero-order valence-electron chi connectivity index (χ0n) is 5.56. The number of aromatic nitrogens is 1. The minimum atomic E-state index is 0.483. The molecule has 3 nitrogen and oxygen atoms in total. The van der Waals surface area contributed by atoms with Crippen LogP contribution >= 0.6 is 11.6 Å². The number of nitrogens with zero attached hydrogens (tertiary/aromatic N) is 1. The van der Waals surface area contributed by atoms with Crippen molar-refractivity contribution in [2.24, 2.45) is 5.84 Å². The Morgan fingerprint density at radius 1 is 1.70 bits per heavy atom. The lowest BCUT2D eigenvalue weighted by Crippen LogP contribution is -2.08. The number of anilines is 1. The van der Waals surface area contributed by atoms with Crippen LogP contribution in [0.25, 0.3) is 0 Å². The van der Waals surface area contributed by atoms with Gasteiger partial charge in [0.15, 0.2) is 0 Å². The highest BCUT2D eigenvalue weighted by molar-refractivity contribution is 6.29. The molecule has 0 atom stereocenters. The number of halogens is 1. The first-order valence-electron chi connectivity index (χ1n) is 2.83. The van der Waals surface area contributed by atoms with Gasteiger partial charge in [-0.15, -0.1) is 0 Å². The second-order valence-electron chi connectivity index (χ2n) is 1.97. The zero-order chi connectivity index (χ0) is 7.56. The third-order valence-electron chi connectivity index (χ3n) is 1.23. The lowest BCUT2D eigenvalue weighted by molar-refractivity contribution is 1.23. The number of hydrogen-bond acceptors (Lipinski definition) is 3. The van der Waals surface area contributed by atoms with Crippen LogP contribution in [0.5, 0.6) is 0 Å². The highest BCUT2D eigenvalue weighted by Crippen LogP contribution is 2.14. The minimum Gasteiger partial charge on any atom is -0.322 e. The van der Waals surface area contributed by atoms with Gasteiger partial charge in [-0.1, -0.05) is 11.6 Å². The number of nitrogen functional groups attached to an aromatic ring is 1.